The van der Waals surface area contributed by atoms with Crippen molar-refractivity contribution in [2.75, 3.05) is 32.8 Å². The van der Waals surface area contributed by atoms with Crippen molar-refractivity contribution >= 4 is 29.9 Å². The van der Waals surface area contributed by atoms with Crippen LogP contribution in [-0.2, 0) is 17.6 Å². The minimum atomic E-state index is -0.0949. The van der Waals surface area contributed by atoms with E-state index in [2.05, 4.69) is 42.7 Å². The van der Waals surface area contributed by atoms with E-state index in [1.54, 1.807) is 0 Å². The van der Waals surface area contributed by atoms with Gasteiger partial charge in [-0.2, -0.15) is 0 Å². The van der Waals surface area contributed by atoms with E-state index in [1.807, 2.05) is 0 Å². The van der Waals surface area contributed by atoms with Crippen LogP contribution in [0.3, 0.4) is 0 Å². The second kappa shape index (κ2) is 9.62. The number of hydrogen-bond donors (Lipinski definition) is 2. The Hall–Kier alpha value is -1.02. The molecule has 0 amide bonds. The van der Waals surface area contributed by atoms with Crippen LogP contribution >= 0.6 is 24.0 Å². The molecule has 0 radical (unpaired) electrons. The van der Waals surface area contributed by atoms with E-state index in [9.17, 15) is 0 Å². The quantitative estimate of drug-likeness (QED) is 0.390. The number of ether oxygens (including phenoxy) is 2. The number of guanidine groups is 1. The minimum absolute atomic E-state index is 0. The summed E-state index contributed by atoms with van der Waals surface area (Å²) < 4.78 is 11.4. The molecule has 0 spiro atoms. The summed E-state index contributed by atoms with van der Waals surface area (Å²) >= 11 is 0. The van der Waals surface area contributed by atoms with Gasteiger partial charge in [0.1, 0.15) is 5.75 Å². The Morgan fingerprint density at radius 2 is 2.16 bits per heavy atom. The fourth-order valence-electron chi connectivity index (χ4n) is 3.27. The molecule has 1 aromatic carbocycles. The molecule has 140 valence electrons. The Morgan fingerprint density at radius 3 is 2.92 bits per heavy atom. The molecular weight excluding hydrogens is 429 g/mol. The van der Waals surface area contributed by atoms with Gasteiger partial charge in [0.05, 0.1) is 18.8 Å². The van der Waals surface area contributed by atoms with Gasteiger partial charge < -0.3 is 20.1 Å². The molecule has 3 rings (SSSR count). The second-order valence-corrected chi connectivity index (χ2v) is 6.81. The number of aliphatic imine (C=N–C) groups is 1. The molecule has 0 bridgehead atoms. The van der Waals surface area contributed by atoms with Crippen molar-refractivity contribution in [3.8, 4) is 5.75 Å². The van der Waals surface area contributed by atoms with Crippen molar-refractivity contribution in [1.29, 1.82) is 0 Å². The number of nitrogens with zero attached hydrogens (tertiary/aromatic N) is 1. The third-order valence-corrected chi connectivity index (χ3v) is 4.68. The lowest BCUT2D eigenvalue weighted by molar-refractivity contribution is 0.0283. The summed E-state index contributed by atoms with van der Waals surface area (Å²) in [4.78, 5) is 4.71. The lowest BCUT2D eigenvalue weighted by atomic mass is 10.0. The Labute approximate surface area is 168 Å². The standard InChI is InChI=1S/C19H29N3O2.HI/c1-3-20-18(22-14-19(2)9-4-11-24-19)21-10-7-15-5-6-17-16(13-15)8-12-23-17;/h5-6,13H,3-4,7-12,14H2,1-2H3,(H2,20,21,22);1H. The summed E-state index contributed by atoms with van der Waals surface area (Å²) in [6.07, 6.45) is 4.23. The molecule has 0 aliphatic carbocycles. The zero-order valence-corrected chi connectivity index (χ0v) is 17.6. The molecule has 6 heteroatoms. The van der Waals surface area contributed by atoms with Gasteiger partial charge in [-0.25, -0.2) is 0 Å². The van der Waals surface area contributed by atoms with Gasteiger partial charge in [0.2, 0.25) is 0 Å². The maximum absolute atomic E-state index is 5.81. The number of halogens is 1. The predicted octanol–water partition coefficient (Wildman–Crippen LogP) is 2.91. The zero-order valence-electron chi connectivity index (χ0n) is 15.3. The summed E-state index contributed by atoms with van der Waals surface area (Å²) in [5, 5.41) is 6.75. The first-order chi connectivity index (χ1) is 11.7. The lowest BCUT2D eigenvalue weighted by Gasteiger charge is -2.21. The zero-order chi connectivity index (χ0) is 16.8. The molecule has 0 aromatic heterocycles. The van der Waals surface area contributed by atoms with Crippen LogP contribution in [0.1, 0.15) is 37.8 Å². The molecular formula is C19H30IN3O2. The van der Waals surface area contributed by atoms with Crippen LogP contribution in [0, 0.1) is 0 Å². The van der Waals surface area contributed by atoms with Crippen molar-refractivity contribution in [3.05, 3.63) is 29.3 Å². The van der Waals surface area contributed by atoms with Crippen molar-refractivity contribution in [1.82, 2.24) is 10.6 Å². The Balaban J connectivity index is 0.00000225. The van der Waals surface area contributed by atoms with Gasteiger partial charge in [0.25, 0.3) is 0 Å². The highest BCUT2D eigenvalue weighted by Gasteiger charge is 2.29. The van der Waals surface area contributed by atoms with Crippen LogP contribution in [0.5, 0.6) is 5.75 Å². The van der Waals surface area contributed by atoms with Gasteiger partial charge >= 0.3 is 0 Å². The molecule has 2 aliphatic heterocycles. The molecule has 1 fully saturated rings. The maximum atomic E-state index is 5.81. The summed E-state index contributed by atoms with van der Waals surface area (Å²) in [5.74, 6) is 1.92. The summed E-state index contributed by atoms with van der Waals surface area (Å²) in [5.41, 5.74) is 2.58. The van der Waals surface area contributed by atoms with E-state index < -0.39 is 0 Å². The smallest absolute Gasteiger partial charge is 0.191 e. The van der Waals surface area contributed by atoms with Gasteiger partial charge in [-0.05, 0) is 50.3 Å². The average molecular weight is 459 g/mol. The number of benzene rings is 1. The fraction of sp³-hybridized carbons (Fsp3) is 0.632. The van der Waals surface area contributed by atoms with E-state index in [0.29, 0.717) is 6.54 Å². The van der Waals surface area contributed by atoms with Gasteiger partial charge in [0, 0.05) is 26.1 Å². The lowest BCUT2D eigenvalue weighted by Crippen LogP contribution is -2.40. The first kappa shape index (κ1) is 20.3. The number of fused-ring (bicyclic) bond motifs is 1. The molecule has 2 N–H and O–H groups in total. The van der Waals surface area contributed by atoms with Crippen molar-refractivity contribution in [3.63, 3.8) is 0 Å². The Kier molecular flexibility index (Phi) is 7.81. The first-order valence-electron chi connectivity index (χ1n) is 9.09. The SMILES string of the molecule is CCNC(=NCC1(C)CCCO1)NCCc1ccc2c(c1)CCO2.I. The van der Waals surface area contributed by atoms with E-state index in [4.69, 9.17) is 14.5 Å². The Morgan fingerprint density at radius 1 is 1.28 bits per heavy atom. The van der Waals surface area contributed by atoms with Crippen molar-refractivity contribution < 1.29 is 9.47 Å². The number of nitrogens with one attached hydrogen (secondary N) is 2. The first-order valence-corrected chi connectivity index (χ1v) is 9.09. The fourth-order valence-corrected chi connectivity index (χ4v) is 3.27. The summed E-state index contributed by atoms with van der Waals surface area (Å²) in [6.45, 7) is 8.35. The molecule has 25 heavy (non-hydrogen) atoms. The van der Waals surface area contributed by atoms with E-state index in [-0.39, 0.29) is 29.6 Å². The van der Waals surface area contributed by atoms with Gasteiger partial charge in [-0.15, -0.1) is 24.0 Å². The summed E-state index contributed by atoms with van der Waals surface area (Å²) in [7, 11) is 0. The molecule has 2 aliphatic rings. The van der Waals surface area contributed by atoms with Crippen LogP contribution < -0.4 is 15.4 Å². The van der Waals surface area contributed by atoms with Crippen LogP contribution in [0.15, 0.2) is 23.2 Å². The normalized spacial score (nSPS) is 22.1. The predicted molar refractivity (Wildman–Crippen MR) is 112 cm³/mol. The van der Waals surface area contributed by atoms with Crippen LogP contribution in [-0.4, -0.2) is 44.4 Å². The molecule has 1 saturated heterocycles. The highest BCUT2D eigenvalue weighted by Crippen LogP contribution is 2.26. The second-order valence-electron chi connectivity index (χ2n) is 6.81. The van der Waals surface area contributed by atoms with Gasteiger partial charge in [-0.1, -0.05) is 12.1 Å². The third-order valence-electron chi connectivity index (χ3n) is 4.68. The third kappa shape index (κ3) is 5.74. The molecule has 1 atom stereocenters. The van der Waals surface area contributed by atoms with Crippen molar-refractivity contribution in [2.24, 2.45) is 4.99 Å². The molecule has 2 heterocycles. The van der Waals surface area contributed by atoms with Crippen LogP contribution in [0.2, 0.25) is 0 Å². The molecule has 0 saturated carbocycles. The van der Waals surface area contributed by atoms with Crippen molar-refractivity contribution in [2.45, 2.75) is 45.1 Å². The maximum Gasteiger partial charge on any atom is 0.191 e. The van der Waals surface area contributed by atoms with Crippen LogP contribution in [0.25, 0.3) is 0 Å². The highest BCUT2D eigenvalue weighted by atomic mass is 127. The van der Waals surface area contributed by atoms with Gasteiger partial charge in [0.15, 0.2) is 5.96 Å². The topological polar surface area (TPSA) is 54.9 Å². The number of hydrogen-bond acceptors (Lipinski definition) is 3. The minimum Gasteiger partial charge on any atom is -0.493 e. The highest BCUT2D eigenvalue weighted by molar-refractivity contribution is 14.0. The number of rotatable bonds is 6. The largest absolute Gasteiger partial charge is 0.493 e. The molecule has 1 aromatic rings. The van der Waals surface area contributed by atoms with E-state index in [1.165, 1.54) is 11.1 Å². The molecule has 5 nitrogen and oxygen atoms in total. The monoisotopic (exact) mass is 459 g/mol. The van der Waals surface area contributed by atoms with E-state index in [0.717, 1.165) is 63.7 Å². The van der Waals surface area contributed by atoms with Gasteiger partial charge in [-0.3, -0.25) is 4.99 Å². The van der Waals surface area contributed by atoms with E-state index >= 15 is 0 Å². The average Bonchev–Trinajstić information content (AvgIpc) is 3.21. The molecule has 1 unspecified atom stereocenters. The van der Waals surface area contributed by atoms with Crippen LogP contribution in [0.4, 0.5) is 0 Å². The Bertz CT molecular complexity index is 586. The summed E-state index contributed by atoms with van der Waals surface area (Å²) in [6, 6.07) is 6.51.